The topological polar surface area (TPSA) is 81.1 Å². The lowest BCUT2D eigenvalue weighted by Gasteiger charge is -2.22. The van der Waals surface area contributed by atoms with E-state index in [1.807, 2.05) is 47.4 Å². The number of hydrogen-bond acceptors (Lipinski definition) is 6. The molecule has 1 aliphatic heterocycles. The van der Waals surface area contributed by atoms with Crippen molar-refractivity contribution in [3.8, 4) is 17.0 Å². The van der Waals surface area contributed by atoms with E-state index in [2.05, 4.69) is 20.7 Å². The number of carbonyl (C=O) groups is 1. The Hall–Kier alpha value is -2.42. The summed E-state index contributed by atoms with van der Waals surface area (Å²) in [4.78, 5) is 17.0. The summed E-state index contributed by atoms with van der Waals surface area (Å²) in [5, 5.41) is 13.1. The van der Waals surface area contributed by atoms with Crippen LogP contribution < -0.4 is 15.4 Å². The van der Waals surface area contributed by atoms with E-state index in [4.69, 9.17) is 4.74 Å². The van der Waals surface area contributed by atoms with Crippen LogP contribution in [0.15, 0.2) is 41.9 Å². The lowest BCUT2D eigenvalue weighted by atomic mass is 10.1. The van der Waals surface area contributed by atoms with E-state index >= 15 is 0 Å². The predicted molar refractivity (Wildman–Crippen MR) is 117 cm³/mol. The smallest absolute Gasteiger partial charge is 0.277 e. The highest BCUT2D eigenvalue weighted by atomic mass is 35.5. The van der Waals surface area contributed by atoms with Gasteiger partial charge in [0.05, 0.1) is 18.3 Å². The molecule has 1 amide bonds. The maximum absolute atomic E-state index is 12.5. The van der Waals surface area contributed by atoms with E-state index in [-0.39, 0.29) is 18.3 Å². The lowest BCUT2D eigenvalue weighted by Crippen LogP contribution is -2.32. The molecule has 9 heteroatoms. The summed E-state index contributed by atoms with van der Waals surface area (Å²) < 4.78 is 7.34. The number of benzene rings is 1. The minimum absolute atomic E-state index is 0. The summed E-state index contributed by atoms with van der Waals surface area (Å²) in [7, 11) is 0. The Morgan fingerprint density at radius 2 is 2.17 bits per heavy atom. The van der Waals surface area contributed by atoms with Crippen molar-refractivity contribution in [1.29, 1.82) is 0 Å². The molecule has 1 aromatic carbocycles. The Balaban J connectivity index is 0.00000240. The zero-order valence-electron chi connectivity index (χ0n) is 16.1. The molecule has 3 heterocycles. The number of ether oxygens (including phenoxy) is 1. The molecule has 4 rings (SSSR count). The molecular weight excluding hydrogens is 410 g/mol. The van der Waals surface area contributed by atoms with Crippen LogP contribution in [0.25, 0.3) is 11.3 Å². The first-order chi connectivity index (χ1) is 13.7. The number of thiazole rings is 1. The Morgan fingerprint density at radius 1 is 1.34 bits per heavy atom. The van der Waals surface area contributed by atoms with Crippen molar-refractivity contribution in [2.24, 2.45) is 0 Å². The summed E-state index contributed by atoms with van der Waals surface area (Å²) in [6.07, 6.45) is 4.08. The number of amides is 1. The molecule has 0 aliphatic carbocycles. The number of aromatic nitrogens is 3. The maximum atomic E-state index is 12.5. The summed E-state index contributed by atoms with van der Waals surface area (Å²) in [6, 6.07) is 9.83. The molecule has 1 fully saturated rings. The second kappa shape index (κ2) is 9.87. The molecule has 3 aromatic rings. The quantitative estimate of drug-likeness (QED) is 0.614. The summed E-state index contributed by atoms with van der Waals surface area (Å²) in [6.45, 7) is 4.53. The van der Waals surface area contributed by atoms with Gasteiger partial charge >= 0.3 is 0 Å². The average Bonchev–Trinajstić information content (AvgIpc) is 3.39. The minimum atomic E-state index is -0.241. The summed E-state index contributed by atoms with van der Waals surface area (Å²) >= 11 is 1.40. The monoisotopic (exact) mass is 433 g/mol. The van der Waals surface area contributed by atoms with Crippen LogP contribution in [0.3, 0.4) is 0 Å². The van der Waals surface area contributed by atoms with Crippen molar-refractivity contribution in [2.45, 2.75) is 25.8 Å². The van der Waals surface area contributed by atoms with Gasteiger partial charge in [-0.2, -0.15) is 5.10 Å². The van der Waals surface area contributed by atoms with Crippen LogP contribution in [0.4, 0.5) is 5.13 Å². The molecule has 1 saturated heterocycles. The standard InChI is InChI=1S/C20H23N5O2S.ClH/c1-2-27-16-7-5-14(6-8-16)18-13-28-20(22-18)23-19(26)17-9-11-25(24-17)15-4-3-10-21-12-15;/h5-9,11,13,15,21H,2-4,10,12H2,1H3,(H,22,23,26);1H. The van der Waals surface area contributed by atoms with E-state index < -0.39 is 0 Å². The first-order valence-corrected chi connectivity index (χ1v) is 10.4. The van der Waals surface area contributed by atoms with E-state index in [1.54, 1.807) is 6.07 Å². The van der Waals surface area contributed by atoms with Crippen LogP contribution in [-0.2, 0) is 0 Å². The number of piperidine rings is 1. The van der Waals surface area contributed by atoms with Gasteiger partial charge in [0.2, 0.25) is 0 Å². The third-order valence-electron chi connectivity index (χ3n) is 4.67. The first kappa shape index (κ1) is 21.3. The van der Waals surface area contributed by atoms with Gasteiger partial charge in [-0.05, 0) is 56.6 Å². The van der Waals surface area contributed by atoms with Gasteiger partial charge < -0.3 is 10.1 Å². The van der Waals surface area contributed by atoms with Crippen molar-refractivity contribution in [1.82, 2.24) is 20.1 Å². The maximum Gasteiger partial charge on any atom is 0.277 e. The van der Waals surface area contributed by atoms with Crippen molar-refractivity contribution in [3.63, 3.8) is 0 Å². The van der Waals surface area contributed by atoms with Crippen molar-refractivity contribution < 1.29 is 9.53 Å². The van der Waals surface area contributed by atoms with Crippen LogP contribution in [0.5, 0.6) is 5.75 Å². The fraction of sp³-hybridized carbons (Fsp3) is 0.350. The molecule has 0 spiro atoms. The number of carbonyl (C=O) groups excluding carboxylic acids is 1. The Kier molecular flexibility index (Phi) is 7.24. The minimum Gasteiger partial charge on any atom is -0.494 e. The van der Waals surface area contributed by atoms with E-state index in [1.165, 1.54) is 11.3 Å². The normalized spacial score (nSPS) is 16.1. The highest BCUT2D eigenvalue weighted by Crippen LogP contribution is 2.27. The molecule has 154 valence electrons. The van der Waals surface area contributed by atoms with Gasteiger partial charge in [0.1, 0.15) is 5.75 Å². The molecule has 1 unspecified atom stereocenters. The zero-order chi connectivity index (χ0) is 19.3. The molecule has 0 bridgehead atoms. The third-order valence-corrected chi connectivity index (χ3v) is 5.43. The summed E-state index contributed by atoms with van der Waals surface area (Å²) in [5.74, 6) is 0.592. The fourth-order valence-electron chi connectivity index (χ4n) is 3.24. The number of rotatable bonds is 6. The van der Waals surface area contributed by atoms with Crippen LogP contribution in [0.2, 0.25) is 0 Å². The number of nitrogens with one attached hydrogen (secondary N) is 2. The van der Waals surface area contributed by atoms with Crippen molar-refractivity contribution in [3.05, 3.63) is 47.6 Å². The highest BCUT2D eigenvalue weighted by Gasteiger charge is 2.18. The average molecular weight is 434 g/mol. The van der Waals surface area contributed by atoms with Gasteiger partial charge in [-0.25, -0.2) is 4.98 Å². The van der Waals surface area contributed by atoms with Gasteiger partial charge in [0, 0.05) is 23.7 Å². The molecule has 29 heavy (non-hydrogen) atoms. The van der Waals surface area contributed by atoms with Gasteiger partial charge in [0.15, 0.2) is 10.8 Å². The number of halogens is 1. The zero-order valence-corrected chi connectivity index (χ0v) is 17.8. The molecule has 1 atom stereocenters. The van der Waals surface area contributed by atoms with Gasteiger partial charge in [-0.3, -0.25) is 14.8 Å². The van der Waals surface area contributed by atoms with Gasteiger partial charge in [0.25, 0.3) is 5.91 Å². The van der Waals surface area contributed by atoms with Gasteiger partial charge in [-0.15, -0.1) is 23.7 Å². The molecule has 7 nitrogen and oxygen atoms in total. The van der Waals surface area contributed by atoms with Crippen LogP contribution in [0, 0.1) is 0 Å². The molecule has 2 aromatic heterocycles. The number of hydrogen-bond donors (Lipinski definition) is 2. The van der Waals surface area contributed by atoms with Gasteiger partial charge in [-0.1, -0.05) is 0 Å². The SMILES string of the molecule is CCOc1ccc(-c2csc(NC(=O)c3ccn(C4CCCNC4)n3)n2)cc1.Cl. The van der Waals surface area contributed by atoms with E-state index in [0.717, 1.165) is 42.9 Å². The number of anilines is 1. The second-order valence-electron chi connectivity index (χ2n) is 6.63. The van der Waals surface area contributed by atoms with Crippen molar-refractivity contribution in [2.75, 3.05) is 25.0 Å². The van der Waals surface area contributed by atoms with Crippen LogP contribution in [-0.4, -0.2) is 40.4 Å². The van der Waals surface area contributed by atoms with Crippen LogP contribution >= 0.6 is 23.7 Å². The van der Waals surface area contributed by atoms with E-state index in [9.17, 15) is 4.79 Å². The first-order valence-electron chi connectivity index (χ1n) is 9.49. The molecule has 1 aliphatic rings. The molecular formula is C20H24ClN5O2S. The molecule has 0 radical (unpaired) electrons. The predicted octanol–water partition coefficient (Wildman–Crippen LogP) is 4.00. The number of nitrogens with zero attached hydrogens (tertiary/aromatic N) is 3. The van der Waals surface area contributed by atoms with Crippen LogP contribution in [0.1, 0.15) is 36.3 Å². The Labute approximate surface area is 179 Å². The van der Waals surface area contributed by atoms with E-state index in [0.29, 0.717) is 23.5 Å². The largest absolute Gasteiger partial charge is 0.494 e. The lowest BCUT2D eigenvalue weighted by molar-refractivity contribution is 0.102. The molecule has 2 N–H and O–H groups in total. The molecule has 0 saturated carbocycles. The highest BCUT2D eigenvalue weighted by molar-refractivity contribution is 7.14. The Morgan fingerprint density at radius 3 is 2.90 bits per heavy atom. The fourth-order valence-corrected chi connectivity index (χ4v) is 3.95. The van der Waals surface area contributed by atoms with Crippen molar-refractivity contribution >= 4 is 34.8 Å². The Bertz CT molecular complexity index is 935. The summed E-state index contributed by atoms with van der Waals surface area (Å²) in [5.41, 5.74) is 2.21. The second-order valence-corrected chi connectivity index (χ2v) is 7.49. The third kappa shape index (κ3) is 5.14.